The molecule has 0 spiro atoms. The van der Waals surface area contributed by atoms with Crippen molar-refractivity contribution in [3.63, 3.8) is 0 Å². The first-order valence-corrected chi connectivity index (χ1v) is 5.81. The molecule has 0 aliphatic rings. The second kappa shape index (κ2) is 5.19. The number of nitrogens with one attached hydrogen (secondary N) is 1. The van der Waals surface area contributed by atoms with Crippen LogP contribution < -0.4 is 11.3 Å². The molecule has 1 aromatic heterocycles. The number of ether oxygens (including phenoxy) is 1. The third-order valence-corrected chi connectivity index (χ3v) is 2.79. The minimum absolute atomic E-state index is 0.225. The van der Waals surface area contributed by atoms with Crippen LogP contribution in [0.5, 0.6) is 0 Å². The molecule has 19 heavy (non-hydrogen) atoms. The van der Waals surface area contributed by atoms with Gasteiger partial charge in [0.25, 0.3) is 0 Å². The van der Waals surface area contributed by atoms with Crippen molar-refractivity contribution in [3.05, 3.63) is 35.3 Å². The molecule has 0 fully saturated rings. The normalized spacial score (nSPS) is 10.5. The van der Waals surface area contributed by atoms with E-state index >= 15 is 0 Å². The summed E-state index contributed by atoms with van der Waals surface area (Å²) in [6, 6.07) is 2.90. The maximum absolute atomic E-state index is 13.5. The number of hydrogen-bond acceptors (Lipinski definition) is 5. The molecule has 100 valence electrons. The van der Waals surface area contributed by atoms with Crippen LogP contribution in [0.2, 0.25) is 0 Å². The molecule has 0 saturated heterocycles. The summed E-state index contributed by atoms with van der Waals surface area (Å²) in [4.78, 5) is 15.8. The molecular weight excluding hydrogens is 249 g/mol. The van der Waals surface area contributed by atoms with Crippen LogP contribution in [-0.4, -0.2) is 17.6 Å². The van der Waals surface area contributed by atoms with Crippen molar-refractivity contribution in [1.29, 1.82) is 0 Å². The lowest BCUT2D eigenvalue weighted by atomic mass is 10.1. The third-order valence-electron chi connectivity index (χ3n) is 2.79. The highest BCUT2D eigenvalue weighted by atomic mass is 19.1. The molecule has 0 radical (unpaired) electrons. The molecule has 5 nitrogen and oxygen atoms in total. The maximum Gasteiger partial charge on any atom is 0.341 e. The van der Waals surface area contributed by atoms with E-state index in [1.54, 1.807) is 19.9 Å². The van der Waals surface area contributed by atoms with Crippen LogP contribution in [0.25, 0.3) is 10.9 Å². The summed E-state index contributed by atoms with van der Waals surface area (Å²) < 4.78 is 18.4. The molecule has 3 N–H and O–H groups in total. The molecule has 6 heteroatoms. The lowest BCUT2D eigenvalue weighted by Gasteiger charge is -2.11. The van der Waals surface area contributed by atoms with E-state index in [4.69, 9.17) is 10.6 Å². The summed E-state index contributed by atoms with van der Waals surface area (Å²) >= 11 is 0. The van der Waals surface area contributed by atoms with Crippen molar-refractivity contribution in [2.75, 3.05) is 12.0 Å². The average Bonchev–Trinajstić information content (AvgIpc) is 2.39. The fourth-order valence-electron chi connectivity index (χ4n) is 1.84. The predicted octanol–water partition coefficient (Wildman–Crippen LogP) is 2.14. The average molecular weight is 263 g/mol. The molecule has 0 aliphatic carbocycles. The van der Waals surface area contributed by atoms with E-state index in [1.165, 1.54) is 12.3 Å². The van der Waals surface area contributed by atoms with Gasteiger partial charge in [-0.05, 0) is 25.5 Å². The smallest absolute Gasteiger partial charge is 0.341 e. The molecule has 0 saturated carbocycles. The van der Waals surface area contributed by atoms with Gasteiger partial charge in [0.15, 0.2) is 0 Å². The first-order chi connectivity index (χ1) is 9.08. The van der Waals surface area contributed by atoms with Crippen LogP contribution in [0.15, 0.2) is 18.3 Å². The standard InChI is InChI=1S/C13H14FN3O2/c1-3-19-13(18)9-6-16-11-5-10(14)7(2)4-8(11)12(9)17-15/h4-6H,3,15H2,1-2H3,(H,16,17). The van der Waals surface area contributed by atoms with Crippen molar-refractivity contribution < 1.29 is 13.9 Å². The van der Waals surface area contributed by atoms with Gasteiger partial charge in [0.1, 0.15) is 11.4 Å². The summed E-state index contributed by atoms with van der Waals surface area (Å²) in [5.41, 5.74) is 3.94. The van der Waals surface area contributed by atoms with Gasteiger partial charge >= 0.3 is 5.97 Å². The number of hydrazine groups is 1. The van der Waals surface area contributed by atoms with Crippen LogP contribution in [-0.2, 0) is 4.74 Å². The number of esters is 1. The number of pyridine rings is 1. The SMILES string of the molecule is CCOC(=O)c1cnc2cc(F)c(C)cc2c1NN. The highest BCUT2D eigenvalue weighted by Crippen LogP contribution is 2.27. The van der Waals surface area contributed by atoms with Crippen molar-refractivity contribution in [2.24, 2.45) is 5.84 Å². The van der Waals surface area contributed by atoms with Gasteiger partial charge in [-0.25, -0.2) is 9.18 Å². The number of aromatic nitrogens is 1. The lowest BCUT2D eigenvalue weighted by Crippen LogP contribution is -2.15. The van der Waals surface area contributed by atoms with Crippen LogP contribution in [0, 0.1) is 12.7 Å². The Morgan fingerprint density at radius 2 is 2.26 bits per heavy atom. The Bertz CT molecular complexity index is 643. The zero-order valence-corrected chi connectivity index (χ0v) is 10.7. The molecule has 0 bridgehead atoms. The number of nitrogens with two attached hydrogens (primary N) is 1. The summed E-state index contributed by atoms with van der Waals surface area (Å²) in [6.45, 7) is 3.59. The molecule has 0 aliphatic heterocycles. The van der Waals surface area contributed by atoms with Gasteiger partial charge in [-0.2, -0.15) is 0 Å². The largest absolute Gasteiger partial charge is 0.462 e. The third kappa shape index (κ3) is 2.34. The number of anilines is 1. The molecule has 0 unspecified atom stereocenters. The number of hydrogen-bond donors (Lipinski definition) is 2. The van der Waals surface area contributed by atoms with Gasteiger partial charge in [0.2, 0.25) is 0 Å². The van der Waals surface area contributed by atoms with Crippen LogP contribution in [0.1, 0.15) is 22.8 Å². The van der Waals surface area contributed by atoms with E-state index in [-0.39, 0.29) is 18.0 Å². The van der Waals surface area contributed by atoms with Crippen LogP contribution in [0.3, 0.4) is 0 Å². The van der Waals surface area contributed by atoms with E-state index in [1.807, 2.05) is 0 Å². The van der Waals surface area contributed by atoms with Gasteiger partial charge in [-0.1, -0.05) is 0 Å². The van der Waals surface area contributed by atoms with E-state index in [0.717, 1.165) is 0 Å². The van der Waals surface area contributed by atoms with E-state index in [2.05, 4.69) is 10.4 Å². The highest BCUT2D eigenvalue weighted by Gasteiger charge is 2.16. The van der Waals surface area contributed by atoms with Gasteiger partial charge in [0.05, 0.1) is 17.8 Å². The molecule has 0 atom stereocenters. The van der Waals surface area contributed by atoms with E-state index < -0.39 is 5.97 Å². The Morgan fingerprint density at radius 1 is 1.53 bits per heavy atom. The zero-order chi connectivity index (χ0) is 14.0. The summed E-state index contributed by atoms with van der Waals surface area (Å²) in [6.07, 6.45) is 1.32. The number of aryl methyl sites for hydroxylation is 1. The Hall–Kier alpha value is -2.21. The minimum atomic E-state index is -0.521. The number of nitrogen functional groups attached to an aromatic ring is 1. The van der Waals surface area contributed by atoms with Gasteiger partial charge in [-0.3, -0.25) is 10.8 Å². The number of halogens is 1. The number of rotatable bonds is 3. The van der Waals surface area contributed by atoms with Gasteiger partial charge in [0, 0.05) is 17.6 Å². The Kier molecular flexibility index (Phi) is 3.62. The maximum atomic E-state index is 13.5. The second-order valence-corrected chi connectivity index (χ2v) is 4.03. The minimum Gasteiger partial charge on any atom is -0.462 e. The number of carbonyl (C=O) groups excluding carboxylic acids is 1. The Balaban J connectivity index is 2.68. The molecule has 2 aromatic rings. The van der Waals surface area contributed by atoms with Gasteiger partial charge < -0.3 is 10.2 Å². The molecule has 2 rings (SSSR count). The fourth-order valence-corrected chi connectivity index (χ4v) is 1.84. The Labute approximate surface area is 109 Å². The summed E-state index contributed by atoms with van der Waals surface area (Å²) in [5, 5.41) is 0.576. The van der Waals surface area contributed by atoms with Crippen LogP contribution >= 0.6 is 0 Å². The van der Waals surface area contributed by atoms with Crippen molar-refractivity contribution in [1.82, 2.24) is 4.98 Å². The molecule has 1 aromatic carbocycles. The first-order valence-electron chi connectivity index (χ1n) is 5.81. The van der Waals surface area contributed by atoms with Crippen LogP contribution in [0.4, 0.5) is 10.1 Å². The zero-order valence-electron chi connectivity index (χ0n) is 10.7. The lowest BCUT2D eigenvalue weighted by molar-refractivity contribution is 0.0527. The molecule has 1 heterocycles. The summed E-state index contributed by atoms with van der Waals surface area (Å²) in [5.74, 6) is 4.58. The number of carbonyl (C=O) groups is 1. The number of fused-ring (bicyclic) bond motifs is 1. The van der Waals surface area contributed by atoms with Crippen molar-refractivity contribution >= 4 is 22.6 Å². The topological polar surface area (TPSA) is 77.2 Å². The summed E-state index contributed by atoms with van der Waals surface area (Å²) in [7, 11) is 0. The van der Waals surface area contributed by atoms with Crippen molar-refractivity contribution in [2.45, 2.75) is 13.8 Å². The molecule has 0 amide bonds. The van der Waals surface area contributed by atoms with Gasteiger partial charge in [-0.15, -0.1) is 0 Å². The first kappa shape index (κ1) is 13.2. The van der Waals surface area contributed by atoms with E-state index in [9.17, 15) is 9.18 Å². The highest BCUT2D eigenvalue weighted by molar-refractivity contribution is 6.04. The van der Waals surface area contributed by atoms with E-state index in [0.29, 0.717) is 22.2 Å². The predicted molar refractivity (Wildman–Crippen MR) is 70.2 cm³/mol. The number of nitrogens with zero attached hydrogens (tertiary/aromatic N) is 1. The van der Waals surface area contributed by atoms with Crippen molar-refractivity contribution in [3.8, 4) is 0 Å². The fraction of sp³-hybridized carbons (Fsp3) is 0.231. The quantitative estimate of drug-likeness (QED) is 0.504. The monoisotopic (exact) mass is 263 g/mol. The Morgan fingerprint density at radius 3 is 2.89 bits per heavy atom. The second-order valence-electron chi connectivity index (χ2n) is 4.03. The molecular formula is C13H14FN3O2. The number of benzene rings is 1.